The molecule has 0 unspecified atom stereocenters. The maximum Gasteiger partial charge on any atom is 0.338 e. The highest BCUT2D eigenvalue weighted by Crippen LogP contribution is 2.27. The zero-order chi connectivity index (χ0) is 38.0. The van der Waals surface area contributed by atoms with E-state index in [0.29, 0.717) is 35.0 Å². The van der Waals surface area contributed by atoms with Gasteiger partial charge in [-0.25, -0.2) is 9.59 Å². The van der Waals surface area contributed by atoms with Crippen LogP contribution in [0.15, 0.2) is 108 Å². The Kier molecular flexibility index (Phi) is 15.6. The van der Waals surface area contributed by atoms with Crippen molar-refractivity contribution in [3.63, 3.8) is 0 Å². The van der Waals surface area contributed by atoms with Gasteiger partial charge in [-0.15, -0.1) is 0 Å². The Labute approximate surface area is 318 Å². The molecule has 9 nitrogen and oxygen atoms in total. The van der Waals surface area contributed by atoms with Crippen LogP contribution in [0.1, 0.15) is 104 Å². The summed E-state index contributed by atoms with van der Waals surface area (Å²) in [5, 5.41) is 4.12. The average molecular weight is 731 g/mol. The molecule has 1 atom stereocenters. The highest BCUT2D eigenvalue weighted by molar-refractivity contribution is 5.91. The molecule has 0 spiro atoms. The maximum atomic E-state index is 12.7. The second kappa shape index (κ2) is 21.2. The summed E-state index contributed by atoms with van der Waals surface area (Å²) in [6, 6.07) is 31.1. The Morgan fingerprint density at radius 2 is 1.11 bits per heavy atom. The molecule has 0 aliphatic carbocycles. The summed E-state index contributed by atoms with van der Waals surface area (Å²) in [5.74, 6) is -1.02. The molecule has 0 aliphatic rings. The lowest BCUT2D eigenvalue weighted by Gasteiger charge is -2.12. The minimum absolute atomic E-state index is 0.0363. The molecule has 54 heavy (non-hydrogen) atoms. The topological polar surface area (TPSA) is 118 Å². The van der Waals surface area contributed by atoms with Crippen LogP contribution in [0.4, 0.5) is 0 Å². The Morgan fingerprint density at radius 1 is 0.593 bits per heavy atom. The van der Waals surface area contributed by atoms with E-state index in [9.17, 15) is 14.4 Å². The number of unbranched alkanes of at least 4 members (excludes halogenated alkanes) is 9. The van der Waals surface area contributed by atoms with Crippen LogP contribution in [0.25, 0.3) is 34.0 Å². The lowest BCUT2D eigenvalue weighted by Crippen LogP contribution is -2.22. The SMILES string of the molecule is CCCCCCCCCCCCOC(=O)[C@@H](C)COC(=O)c1ccc(-c2ccc(-c3nc(-c4ccc(C(=O)OCc5ccccc5)cc4)no3)cc2)cc1. The molecule has 1 heterocycles. The maximum absolute atomic E-state index is 12.7. The van der Waals surface area contributed by atoms with E-state index < -0.39 is 17.9 Å². The van der Waals surface area contributed by atoms with Crippen molar-refractivity contribution in [1.29, 1.82) is 0 Å². The van der Waals surface area contributed by atoms with Crippen molar-refractivity contribution >= 4 is 17.9 Å². The minimum Gasteiger partial charge on any atom is -0.465 e. The summed E-state index contributed by atoms with van der Waals surface area (Å²) in [7, 11) is 0. The van der Waals surface area contributed by atoms with Crippen LogP contribution >= 0.6 is 0 Å². The third kappa shape index (κ3) is 12.3. The van der Waals surface area contributed by atoms with Gasteiger partial charge in [-0.1, -0.05) is 137 Å². The van der Waals surface area contributed by atoms with Gasteiger partial charge in [-0.2, -0.15) is 4.98 Å². The number of ether oxygens (including phenoxy) is 3. The summed E-state index contributed by atoms with van der Waals surface area (Å²) in [4.78, 5) is 42.1. The highest BCUT2D eigenvalue weighted by Gasteiger charge is 2.18. The van der Waals surface area contributed by atoms with Crippen molar-refractivity contribution in [1.82, 2.24) is 10.1 Å². The van der Waals surface area contributed by atoms with E-state index in [4.69, 9.17) is 18.7 Å². The number of carbonyl (C=O) groups is 3. The summed E-state index contributed by atoms with van der Waals surface area (Å²) in [6.07, 6.45) is 12.2. The van der Waals surface area contributed by atoms with Gasteiger partial charge in [0.05, 0.1) is 23.7 Å². The van der Waals surface area contributed by atoms with Crippen LogP contribution in [0.5, 0.6) is 0 Å². The predicted molar refractivity (Wildman–Crippen MR) is 208 cm³/mol. The van der Waals surface area contributed by atoms with Gasteiger partial charge in [0, 0.05) is 11.1 Å². The van der Waals surface area contributed by atoms with Gasteiger partial charge in [0.1, 0.15) is 13.2 Å². The number of carbonyl (C=O) groups excluding carboxylic acids is 3. The molecule has 9 heteroatoms. The number of hydrogen-bond acceptors (Lipinski definition) is 9. The van der Waals surface area contributed by atoms with E-state index in [2.05, 4.69) is 17.1 Å². The third-order valence-corrected chi connectivity index (χ3v) is 9.21. The molecule has 0 N–H and O–H groups in total. The summed E-state index contributed by atoms with van der Waals surface area (Å²) in [6.45, 7) is 4.51. The second-order valence-electron chi connectivity index (χ2n) is 13.6. The molecule has 4 aromatic carbocycles. The fraction of sp³-hybridized carbons (Fsp3) is 0.356. The Balaban J connectivity index is 1.02. The van der Waals surface area contributed by atoms with Crippen molar-refractivity contribution < 1.29 is 33.1 Å². The largest absolute Gasteiger partial charge is 0.465 e. The van der Waals surface area contributed by atoms with E-state index in [0.717, 1.165) is 35.1 Å². The highest BCUT2D eigenvalue weighted by atomic mass is 16.6. The standard InChI is InChI=1S/C45H50N2O7/c1-3-4-5-6-7-8-9-10-11-15-30-51-43(48)33(2)31-52-44(49)39-26-20-36(21-27-39)35-18-24-38(25-19-35)42-46-41(47-54-42)37-22-28-40(29-23-37)45(50)53-32-34-16-13-12-14-17-34/h12-14,16-29,33H,3-11,15,30-32H2,1-2H3/t33-/m0/s1. The molecular weight excluding hydrogens is 681 g/mol. The lowest BCUT2D eigenvalue weighted by molar-refractivity contribution is -0.149. The molecule has 0 fully saturated rings. The number of rotatable bonds is 21. The molecule has 1 aromatic heterocycles. The summed E-state index contributed by atoms with van der Waals surface area (Å²) >= 11 is 0. The molecule has 0 radical (unpaired) electrons. The third-order valence-electron chi connectivity index (χ3n) is 9.21. The van der Waals surface area contributed by atoms with Crippen LogP contribution in [0, 0.1) is 5.92 Å². The second-order valence-corrected chi connectivity index (χ2v) is 13.6. The molecule has 0 aliphatic heterocycles. The quantitative estimate of drug-likeness (QED) is 0.0413. The van der Waals surface area contributed by atoms with Crippen molar-refractivity contribution in [3.05, 3.63) is 120 Å². The summed E-state index contributed by atoms with van der Waals surface area (Å²) in [5.41, 5.74) is 5.05. The zero-order valence-corrected chi connectivity index (χ0v) is 31.3. The zero-order valence-electron chi connectivity index (χ0n) is 31.3. The first-order valence-electron chi connectivity index (χ1n) is 19.1. The molecule has 0 amide bonds. The first kappa shape index (κ1) is 39.6. The van der Waals surface area contributed by atoms with Crippen LogP contribution in [-0.2, 0) is 25.6 Å². The van der Waals surface area contributed by atoms with Crippen molar-refractivity contribution in [2.24, 2.45) is 5.92 Å². The van der Waals surface area contributed by atoms with Crippen LogP contribution < -0.4 is 0 Å². The molecule has 282 valence electrons. The Bertz CT molecular complexity index is 1890. The summed E-state index contributed by atoms with van der Waals surface area (Å²) < 4.78 is 21.8. The van der Waals surface area contributed by atoms with E-state index >= 15 is 0 Å². The molecule has 0 saturated carbocycles. The molecule has 0 saturated heterocycles. The normalized spacial score (nSPS) is 11.5. The van der Waals surface area contributed by atoms with Gasteiger partial charge in [0.2, 0.25) is 5.82 Å². The van der Waals surface area contributed by atoms with E-state index in [-0.39, 0.29) is 19.2 Å². The fourth-order valence-corrected chi connectivity index (χ4v) is 5.88. The van der Waals surface area contributed by atoms with E-state index in [1.54, 1.807) is 43.3 Å². The van der Waals surface area contributed by atoms with E-state index in [1.165, 1.54) is 51.4 Å². The van der Waals surface area contributed by atoms with Crippen LogP contribution in [0.3, 0.4) is 0 Å². The van der Waals surface area contributed by atoms with Crippen LogP contribution in [-0.4, -0.2) is 41.3 Å². The molecule has 5 aromatic rings. The van der Waals surface area contributed by atoms with Crippen molar-refractivity contribution in [2.75, 3.05) is 13.2 Å². The van der Waals surface area contributed by atoms with Gasteiger partial charge in [-0.3, -0.25) is 4.79 Å². The van der Waals surface area contributed by atoms with Gasteiger partial charge < -0.3 is 18.7 Å². The van der Waals surface area contributed by atoms with Crippen molar-refractivity contribution in [2.45, 2.75) is 84.7 Å². The van der Waals surface area contributed by atoms with Crippen molar-refractivity contribution in [3.8, 4) is 34.0 Å². The van der Waals surface area contributed by atoms with Gasteiger partial charge in [0.15, 0.2) is 0 Å². The van der Waals surface area contributed by atoms with Gasteiger partial charge in [0.25, 0.3) is 5.89 Å². The number of esters is 3. The van der Waals surface area contributed by atoms with Crippen LogP contribution in [0.2, 0.25) is 0 Å². The number of nitrogens with zero attached hydrogens (tertiary/aromatic N) is 2. The minimum atomic E-state index is -0.536. The fourth-order valence-electron chi connectivity index (χ4n) is 5.88. The molecule has 5 rings (SSSR count). The van der Waals surface area contributed by atoms with Gasteiger partial charge in [-0.05, 0) is 66.4 Å². The predicted octanol–water partition coefficient (Wildman–Crippen LogP) is 10.7. The first-order chi connectivity index (χ1) is 26.4. The van der Waals surface area contributed by atoms with Gasteiger partial charge >= 0.3 is 17.9 Å². The Morgan fingerprint density at radius 3 is 1.72 bits per heavy atom. The molecule has 0 bridgehead atoms. The Hall–Kier alpha value is -5.57. The lowest BCUT2D eigenvalue weighted by atomic mass is 10.0. The number of benzene rings is 4. The first-order valence-corrected chi connectivity index (χ1v) is 19.1. The number of aromatic nitrogens is 2. The molecular formula is C45H50N2O7. The average Bonchev–Trinajstić information content (AvgIpc) is 3.72. The van der Waals surface area contributed by atoms with E-state index in [1.807, 2.05) is 66.7 Å². The number of hydrogen-bond donors (Lipinski definition) is 0. The monoisotopic (exact) mass is 730 g/mol. The smallest absolute Gasteiger partial charge is 0.338 e.